The van der Waals surface area contributed by atoms with E-state index in [0.717, 1.165) is 12.8 Å². The van der Waals surface area contributed by atoms with E-state index in [1.165, 1.54) is 0 Å². The van der Waals surface area contributed by atoms with E-state index in [1.807, 2.05) is 0 Å². The Morgan fingerprint density at radius 1 is 1.25 bits per heavy atom. The summed E-state index contributed by atoms with van der Waals surface area (Å²) in [6, 6.07) is 0. The number of quaternary nitrogens is 1. The largest absolute Gasteiger partial charge is 0.459 e. The summed E-state index contributed by atoms with van der Waals surface area (Å²) >= 11 is 0. The molecule has 1 saturated heterocycles. The van der Waals surface area contributed by atoms with Crippen molar-refractivity contribution in [1.29, 1.82) is 0 Å². The van der Waals surface area contributed by atoms with Gasteiger partial charge in [0.1, 0.15) is 6.10 Å². The molecule has 16 heavy (non-hydrogen) atoms. The molecule has 3 heteroatoms. The molecule has 0 atom stereocenters. The highest BCUT2D eigenvalue weighted by atomic mass is 16.5. The number of hydrogen-bond donors (Lipinski definition) is 1. The Balaban J connectivity index is 2.68. The molecule has 1 aliphatic heterocycles. The van der Waals surface area contributed by atoms with Gasteiger partial charge in [-0.15, -0.1) is 0 Å². The first-order valence-electron chi connectivity index (χ1n) is 5.85. The molecule has 0 radical (unpaired) electrons. The third-order valence-electron chi connectivity index (χ3n) is 2.91. The van der Waals surface area contributed by atoms with Gasteiger partial charge >= 0.3 is 5.97 Å². The molecule has 1 fully saturated rings. The maximum absolute atomic E-state index is 11.5. The van der Waals surface area contributed by atoms with Crippen LogP contribution in [0.3, 0.4) is 0 Å². The lowest BCUT2D eigenvalue weighted by Gasteiger charge is -2.42. The average Bonchev–Trinajstić information content (AvgIpc) is 1.96. The van der Waals surface area contributed by atoms with Crippen LogP contribution in [0.4, 0.5) is 0 Å². The van der Waals surface area contributed by atoms with Crippen molar-refractivity contribution >= 4 is 5.97 Å². The zero-order chi connectivity index (χ0) is 12.6. The molecule has 0 unspecified atom stereocenters. The summed E-state index contributed by atoms with van der Waals surface area (Å²) < 4.78 is 5.47. The summed E-state index contributed by atoms with van der Waals surface area (Å²) in [4.78, 5) is 11.5. The van der Waals surface area contributed by atoms with E-state index in [0.29, 0.717) is 5.57 Å². The lowest BCUT2D eigenvalue weighted by Crippen LogP contribution is -3.06. The van der Waals surface area contributed by atoms with Crippen LogP contribution in [0.1, 0.15) is 47.5 Å². The number of ether oxygens (including phenoxy) is 1. The van der Waals surface area contributed by atoms with Gasteiger partial charge in [-0.05, 0) is 34.6 Å². The Morgan fingerprint density at radius 2 is 1.69 bits per heavy atom. The molecule has 1 heterocycles. The quantitative estimate of drug-likeness (QED) is 0.571. The minimum Gasteiger partial charge on any atom is -0.459 e. The van der Waals surface area contributed by atoms with Crippen molar-refractivity contribution in [3.63, 3.8) is 0 Å². The van der Waals surface area contributed by atoms with Gasteiger partial charge in [-0.1, -0.05) is 6.58 Å². The van der Waals surface area contributed by atoms with Crippen LogP contribution in [0.5, 0.6) is 0 Å². The minimum atomic E-state index is -0.265. The first-order valence-corrected chi connectivity index (χ1v) is 5.85. The van der Waals surface area contributed by atoms with Crippen LogP contribution in [-0.2, 0) is 9.53 Å². The number of nitrogens with two attached hydrogens (primary N) is 1. The summed E-state index contributed by atoms with van der Waals surface area (Å²) in [5, 5.41) is 2.37. The zero-order valence-corrected chi connectivity index (χ0v) is 11.1. The lowest BCUT2D eigenvalue weighted by atomic mass is 9.81. The van der Waals surface area contributed by atoms with Crippen molar-refractivity contribution in [2.45, 2.75) is 64.6 Å². The summed E-state index contributed by atoms with van der Waals surface area (Å²) in [5.41, 5.74) is 0.731. The summed E-state index contributed by atoms with van der Waals surface area (Å²) in [6.45, 7) is 14.1. The number of esters is 1. The molecular formula is C13H24NO2+. The van der Waals surface area contributed by atoms with Crippen LogP contribution in [0.15, 0.2) is 12.2 Å². The SMILES string of the molecule is C=C(C)C(=O)OC1CC(C)(C)[NH2+]C(C)(C)C1. The van der Waals surface area contributed by atoms with Crippen LogP contribution in [0.25, 0.3) is 0 Å². The van der Waals surface area contributed by atoms with Gasteiger partial charge in [0.2, 0.25) is 0 Å². The molecule has 0 aromatic carbocycles. The Kier molecular flexibility index (Phi) is 3.48. The molecule has 2 N–H and O–H groups in total. The Bertz CT molecular complexity index is 289. The van der Waals surface area contributed by atoms with Gasteiger partial charge in [-0.2, -0.15) is 0 Å². The normalized spacial score (nSPS) is 23.8. The monoisotopic (exact) mass is 226 g/mol. The Morgan fingerprint density at radius 3 is 2.06 bits per heavy atom. The summed E-state index contributed by atoms with van der Waals surface area (Å²) in [6.07, 6.45) is 1.81. The van der Waals surface area contributed by atoms with Gasteiger partial charge in [0.05, 0.1) is 11.1 Å². The van der Waals surface area contributed by atoms with Crippen molar-refractivity contribution < 1.29 is 14.8 Å². The fourth-order valence-corrected chi connectivity index (χ4v) is 2.76. The maximum atomic E-state index is 11.5. The number of carbonyl (C=O) groups is 1. The predicted octanol–water partition coefficient (Wildman–Crippen LogP) is 1.39. The second-order valence-electron chi connectivity index (χ2n) is 6.34. The number of hydrogen-bond acceptors (Lipinski definition) is 2. The second kappa shape index (κ2) is 4.21. The highest BCUT2D eigenvalue weighted by molar-refractivity contribution is 5.87. The van der Waals surface area contributed by atoms with Crippen molar-refractivity contribution in [3.05, 3.63) is 12.2 Å². The predicted molar refractivity (Wildman–Crippen MR) is 64.0 cm³/mol. The minimum absolute atomic E-state index is 0.0131. The van der Waals surface area contributed by atoms with Crippen molar-refractivity contribution in [2.75, 3.05) is 0 Å². The van der Waals surface area contributed by atoms with E-state index >= 15 is 0 Å². The number of rotatable bonds is 2. The number of carbonyl (C=O) groups excluding carboxylic acids is 1. The maximum Gasteiger partial charge on any atom is 0.333 e. The highest BCUT2D eigenvalue weighted by Gasteiger charge is 2.43. The van der Waals surface area contributed by atoms with Crippen LogP contribution >= 0.6 is 0 Å². The summed E-state index contributed by atoms with van der Waals surface area (Å²) in [7, 11) is 0. The molecule has 3 nitrogen and oxygen atoms in total. The van der Waals surface area contributed by atoms with Crippen LogP contribution < -0.4 is 5.32 Å². The molecule has 1 rings (SSSR count). The van der Waals surface area contributed by atoms with Gasteiger partial charge in [0, 0.05) is 18.4 Å². The smallest absolute Gasteiger partial charge is 0.333 e. The Labute approximate surface area is 98.2 Å². The van der Waals surface area contributed by atoms with Gasteiger partial charge in [-0.3, -0.25) is 0 Å². The van der Waals surface area contributed by atoms with E-state index in [-0.39, 0.29) is 23.2 Å². The van der Waals surface area contributed by atoms with Gasteiger partial charge in [-0.25, -0.2) is 4.79 Å². The fraction of sp³-hybridized carbons (Fsp3) is 0.769. The van der Waals surface area contributed by atoms with Crippen LogP contribution in [-0.4, -0.2) is 23.2 Å². The molecule has 0 saturated carbocycles. The molecule has 0 aliphatic carbocycles. The standard InChI is InChI=1S/C13H23NO2/c1-9(2)11(15)16-10-7-12(3,4)14-13(5,6)8-10/h10,14H,1,7-8H2,2-6H3/p+1. The second-order valence-corrected chi connectivity index (χ2v) is 6.34. The van der Waals surface area contributed by atoms with Gasteiger partial charge < -0.3 is 10.1 Å². The molecule has 0 aromatic rings. The van der Waals surface area contributed by atoms with Gasteiger partial charge in [0.25, 0.3) is 0 Å². The highest BCUT2D eigenvalue weighted by Crippen LogP contribution is 2.24. The zero-order valence-electron chi connectivity index (χ0n) is 11.1. The topological polar surface area (TPSA) is 42.9 Å². The third kappa shape index (κ3) is 3.63. The lowest BCUT2D eigenvalue weighted by molar-refractivity contribution is -0.789. The molecule has 0 aromatic heterocycles. The van der Waals surface area contributed by atoms with E-state index < -0.39 is 0 Å². The summed E-state index contributed by atoms with van der Waals surface area (Å²) in [5.74, 6) is -0.265. The molecule has 92 valence electrons. The average molecular weight is 226 g/mol. The van der Waals surface area contributed by atoms with E-state index in [4.69, 9.17) is 4.74 Å². The Hall–Kier alpha value is -0.830. The van der Waals surface area contributed by atoms with Gasteiger partial charge in [0.15, 0.2) is 0 Å². The molecule has 1 aliphatic rings. The molecule has 0 amide bonds. The molecule has 0 bridgehead atoms. The van der Waals surface area contributed by atoms with Crippen LogP contribution in [0, 0.1) is 0 Å². The van der Waals surface area contributed by atoms with Crippen LogP contribution in [0.2, 0.25) is 0 Å². The fourth-order valence-electron chi connectivity index (χ4n) is 2.76. The van der Waals surface area contributed by atoms with Crippen molar-refractivity contribution in [3.8, 4) is 0 Å². The van der Waals surface area contributed by atoms with E-state index in [9.17, 15) is 4.79 Å². The third-order valence-corrected chi connectivity index (χ3v) is 2.91. The number of piperidine rings is 1. The molecular weight excluding hydrogens is 202 g/mol. The van der Waals surface area contributed by atoms with Crippen molar-refractivity contribution in [2.24, 2.45) is 0 Å². The van der Waals surface area contributed by atoms with E-state index in [2.05, 4.69) is 39.6 Å². The first kappa shape index (κ1) is 13.2. The van der Waals surface area contributed by atoms with Crippen molar-refractivity contribution in [1.82, 2.24) is 0 Å². The van der Waals surface area contributed by atoms with E-state index in [1.54, 1.807) is 6.92 Å². The first-order chi connectivity index (χ1) is 7.11. The molecule has 0 spiro atoms.